The second kappa shape index (κ2) is 3.21. The molecule has 3 heteroatoms. The van der Waals surface area contributed by atoms with Crippen LogP contribution in [-0.2, 0) is 4.79 Å². The SMILES string of the molecule is CC(C)C1NC(C)N(C2CC2(C)C)C1=O. The summed E-state index contributed by atoms with van der Waals surface area (Å²) in [6.45, 7) is 10.8. The molecule has 2 rings (SSSR count). The molecular weight excluding hydrogens is 188 g/mol. The van der Waals surface area contributed by atoms with Crippen LogP contribution in [0.15, 0.2) is 0 Å². The summed E-state index contributed by atoms with van der Waals surface area (Å²) < 4.78 is 0. The number of carbonyl (C=O) groups is 1. The topological polar surface area (TPSA) is 32.3 Å². The lowest BCUT2D eigenvalue weighted by atomic mass is 10.0. The predicted octanol–water partition coefficient (Wildman–Crippen LogP) is 1.59. The Bertz CT molecular complexity index is 285. The minimum Gasteiger partial charge on any atom is -0.323 e. The molecule has 1 heterocycles. The van der Waals surface area contributed by atoms with Crippen molar-refractivity contribution in [3.8, 4) is 0 Å². The second-order valence-electron chi connectivity index (χ2n) is 6.02. The van der Waals surface area contributed by atoms with E-state index in [9.17, 15) is 4.79 Å². The van der Waals surface area contributed by atoms with Crippen LogP contribution in [-0.4, -0.2) is 29.1 Å². The molecule has 1 saturated heterocycles. The van der Waals surface area contributed by atoms with Gasteiger partial charge in [0.2, 0.25) is 5.91 Å². The number of amides is 1. The molecule has 0 aromatic carbocycles. The van der Waals surface area contributed by atoms with E-state index in [0.717, 1.165) is 6.42 Å². The lowest BCUT2D eigenvalue weighted by molar-refractivity contribution is -0.131. The van der Waals surface area contributed by atoms with E-state index >= 15 is 0 Å². The average Bonchev–Trinajstić information content (AvgIpc) is 2.58. The fourth-order valence-electron chi connectivity index (χ4n) is 2.58. The molecular formula is C12H22N2O. The summed E-state index contributed by atoms with van der Waals surface area (Å²) in [5.74, 6) is 0.680. The number of nitrogens with one attached hydrogen (secondary N) is 1. The van der Waals surface area contributed by atoms with Crippen LogP contribution >= 0.6 is 0 Å². The van der Waals surface area contributed by atoms with Crippen LogP contribution in [0.3, 0.4) is 0 Å². The van der Waals surface area contributed by atoms with E-state index in [2.05, 4.69) is 44.8 Å². The zero-order chi connectivity index (χ0) is 11.4. The van der Waals surface area contributed by atoms with Crippen molar-refractivity contribution < 1.29 is 4.79 Å². The van der Waals surface area contributed by atoms with Gasteiger partial charge >= 0.3 is 0 Å². The smallest absolute Gasteiger partial charge is 0.241 e. The van der Waals surface area contributed by atoms with Crippen molar-refractivity contribution in [2.45, 2.75) is 59.3 Å². The largest absolute Gasteiger partial charge is 0.323 e. The number of rotatable bonds is 2. The Hall–Kier alpha value is -0.570. The van der Waals surface area contributed by atoms with Crippen molar-refractivity contribution in [1.29, 1.82) is 0 Å². The van der Waals surface area contributed by atoms with Crippen molar-refractivity contribution in [1.82, 2.24) is 10.2 Å². The minimum absolute atomic E-state index is 0.0244. The summed E-state index contributed by atoms with van der Waals surface area (Å²) in [4.78, 5) is 14.3. The standard InChI is InChI=1S/C12H22N2O/c1-7(2)10-11(15)14(8(3)13-10)9-6-12(9,4)5/h7-10,13H,6H2,1-5H3. The normalized spacial score (nSPS) is 38.9. The molecule has 1 saturated carbocycles. The van der Waals surface area contributed by atoms with Gasteiger partial charge in [-0.05, 0) is 24.7 Å². The Morgan fingerprint density at radius 2 is 2.00 bits per heavy atom. The predicted molar refractivity (Wildman–Crippen MR) is 60.3 cm³/mol. The Morgan fingerprint density at radius 1 is 1.47 bits per heavy atom. The first-order valence-corrected chi connectivity index (χ1v) is 5.93. The van der Waals surface area contributed by atoms with Gasteiger partial charge in [-0.15, -0.1) is 0 Å². The maximum atomic E-state index is 12.2. The molecule has 2 aliphatic rings. The van der Waals surface area contributed by atoms with Crippen LogP contribution < -0.4 is 5.32 Å². The number of nitrogens with zero attached hydrogens (tertiary/aromatic N) is 1. The first-order valence-electron chi connectivity index (χ1n) is 5.93. The minimum atomic E-state index is 0.0244. The van der Waals surface area contributed by atoms with Gasteiger partial charge in [-0.3, -0.25) is 10.1 Å². The molecule has 3 atom stereocenters. The third kappa shape index (κ3) is 1.67. The van der Waals surface area contributed by atoms with Crippen molar-refractivity contribution in [3.05, 3.63) is 0 Å². The molecule has 1 aliphatic heterocycles. The molecule has 86 valence electrons. The van der Waals surface area contributed by atoms with Crippen LogP contribution in [0.5, 0.6) is 0 Å². The first kappa shape index (κ1) is 10.9. The zero-order valence-corrected chi connectivity index (χ0v) is 10.4. The average molecular weight is 210 g/mol. The van der Waals surface area contributed by atoms with Gasteiger partial charge in [0.25, 0.3) is 0 Å². The summed E-state index contributed by atoms with van der Waals surface area (Å²) >= 11 is 0. The molecule has 2 fully saturated rings. The molecule has 1 aliphatic carbocycles. The van der Waals surface area contributed by atoms with Crippen molar-refractivity contribution in [2.75, 3.05) is 0 Å². The highest BCUT2D eigenvalue weighted by Gasteiger charge is 2.55. The van der Waals surface area contributed by atoms with Crippen molar-refractivity contribution in [2.24, 2.45) is 11.3 Å². The van der Waals surface area contributed by atoms with E-state index in [0.29, 0.717) is 23.3 Å². The maximum Gasteiger partial charge on any atom is 0.241 e. The zero-order valence-electron chi connectivity index (χ0n) is 10.4. The summed E-state index contributed by atoms with van der Waals surface area (Å²) in [6, 6.07) is 0.479. The van der Waals surface area contributed by atoms with Gasteiger partial charge in [0.15, 0.2) is 0 Å². The summed E-state index contributed by atoms with van der Waals surface area (Å²) in [7, 11) is 0. The summed E-state index contributed by atoms with van der Waals surface area (Å²) in [5, 5.41) is 3.39. The van der Waals surface area contributed by atoms with E-state index in [4.69, 9.17) is 0 Å². The second-order valence-corrected chi connectivity index (χ2v) is 6.02. The van der Waals surface area contributed by atoms with Crippen molar-refractivity contribution in [3.63, 3.8) is 0 Å². The Morgan fingerprint density at radius 3 is 2.33 bits per heavy atom. The first-order chi connectivity index (χ1) is 6.84. The number of carbonyl (C=O) groups excluding carboxylic acids is 1. The van der Waals surface area contributed by atoms with Crippen LogP contribution in [0.2, 0.25) is 0 Å². The highest BCUT2D eigenvalue weighted by atomic mass is 16.2. The molecule has 0 spiro atoms. The van der Waals surface area contributed by atoms with Crippen LogP contribution in [0, 0.1) is 11.3 Å². The molecule has 1 amide bonds. The van der Waals surface area contributed by atoms with Gasteiger partial charge in [0.05, 0.1) is 12.2 Å². The Balaban J connectivity index is 2.11. The van der Waals surface area contributed by atoms with Crippen LogP contribution in [0.4, 0.5) is 0 Å². The highest BCUT2D eigenvalue weighted by Crippen LogP contribution is 2.50. The van der Waals surface area contributed by atoms with Gasteiger partial charge < -0.3 is 4.90 Å². The molecule has 0 aromatic rings. The number of hydrogen-bond acceptors (Lipinski definition) is 2. The fourth-order valence-corrected chi connectivity index (χ4v) is 2.58. The molecule has 0 aromatic heterocycles. The molecule has 15 heavy (non-hydrogen) atoms. The number of hydrogen-bond donors (Lipinski definition) is 1. The summed E-state index contributed by atoms with van der Waals surface area (Å²) in [6.07, 6.45) is 1.35. The lowest BCUT2D eigenvalue weighted by Gasteiger charge is -2.22. The van der Waals surface area contributed by atoms with E-state index in [1.165, 1.54) is 0 Å². The fraction of sp³-hybridized carbons (Fsp3) is 0.917. The summed E-state index contributed by atoms with van der Waals surface area (Å²) in [5.41, 5.74) is 0.331. The van der Waals surface area contributed by atoms with Gasteiger partial charge in [-0.1, -0.05) is 27.7 Å². The van der Waals surface area contributed by atoms with Crippen LogP contribution in [0.25, 0.3) is 0 Å². The van der Waals surface area contributed by atoms with Gasteiger partial charge in [0.1, 0.15) is 0 Å². The van der Waals surface area contributed by atoms with E-state index < -0.39 is 0 Å². The van der Waals surface area contributed by atoms with E-state index in [1.54, 1.807) is 0 Å². The Labute approximate surface area is 92.2 Å². The highest BCUT2D eigenvalue weighted by molar-refractivity contribution is 5.85. The lowest BCUT2D eigenvalue weighted by Crippen LogP contribution is -2.38. The quantitative estimate of drug-likeness (QED) is 0.750. The monoisotopic (exact) mass is 210 g/mol. The van der Waals surface area contributed by atoms with E-state index in [1.807, 2.05) is 0 Å². The van der Waals surface area contributed by atoms with E-state index in [-0.39, 0.29) is 12.2 Å². The molecule has 1 N–H and O–H groups in total. The molecule has 3 nitrogen and oxygen atoms in total. The third-order valence-corrected chi connectivity index (χ3v) is 3.82. The molecule has 0 radical (unpaired) electrons. The van der Waals surface area contributed by atoms with Gasteiger partial charge in [-0.25, -0.2) is 0 Å². The Kier molecular flexibility index (Phi) is 2.34. The third-order valence-electron chi connectivity index (χ3n) is 3.82. The van der Waals surface area contributed by atoms with Gasteiger partial charge in [0, 0.05) is 6.04 Å². The molecule has 0 bridgehead atoms. The maximum absolute atomic E-state index is 12.2. The molecule has 3 unspecified atom stereocenters. The van der Waals surface area contributed by atoms with Crippen LogP contribution in [0.1, 0.15) is 41.0 Å². The van der Waals surface area contributed by atoms with Gasteiger partial charge in [-0.2, -0.15) is 0 Å². The van der Waals surface area contributed by atoms with Crippen molar-refractivity contribution >= 4 is 5.91 Å².